The molecule has 1 atom stereocenters. The Hall–Kier alpha value is -1.29. The van der Waals surface area contributed by atoms with Crippen LogP contribution in [0.15, 0.2) is 24.5 Å². The van der Waals surface area contributed by atoms with E-state index in [-0.39, 0.29) is 23.1 Å². The number of aromatic nitrogens is 1. The van der Waals surface area contributed by atoms with Crippen LogP contribution in [0.5, 0.6) is 0 Å². The van der Waals surface area contributed by atoms with Gasteiger partial charge in [-0.15, -0.1) is 0 Å². The van der Waals surface area contributed by atoms with Crippen LogP contribution in [-0.2, 0) is 15.1 Å². The molecule has 0 spiro atoms. The van der Waals surface area contributed by atoms with Gasteiger partial charge in [0, 0.05) is 25.0 Å². The highest BCUT2D eigenvalue weighted by atomic mass is 16.5. The molecule has 0 aromatic carbocycles. The Labute approximate surface area is 139 Å². The number of carbonyl (C=O) groups is 1. The maximum absolute atomic E-state index is 12.7. The number of carbonyl (C=O) groups excluding carboxylic acids is 1. The third-order valence-corrected chi connectivity index (χ3v) is 5.49. The summed E-state index contributed by atoms with van der Waals surface area (Å²) in [5, 5.41) is 3.28. The molecule has 0 bridgehead atoms. The van der Waals surface area contributed by atoms with Crippen molar-refractivity contribution in [2.75, 3.05) is 6.61 Å². The van der Waals surface area contributed by atoms with E-state index in [1.165, 1.54) is 19.3 Å². The Kier molecular flexibility index (Phi) is 4.81. The Bertz CT molecular complexity index is 515. The molecule has 2 fully saturated rings. The number of rotatable bonds is 4. The van der Waals surface area contributed by atoms with E-state index in [9.17, 15) is 4.79 Å². The van der Waals surface area contributed by atoms with Gasteiger partial charge < -0.3 is 14.6 Å². The molecular weight excluding hydrogens is 288 g/mol. The van der Waals surface area contributed by atoms with Crippen LogP contribution in [0, 0.1) is 0 Å². The maximum Gasteiger partial charge on any atom is 0.222 e. The van der Waals surface area contributed by atoms with Crippen molar-refractivity contribution in [2.45, 2.75) is 82.4 Å². The zero-order chi connectivity index (χ0) is 16.3. The lowest BCUT2D eigenvalue weighted by Gasteiger charge is -2.40. The van der Waals surface area contributed by atoms with Crippen LogP contribution >= 0.6 is 0 Å². The minimum absolute atomic E-state index is 0.0213. The molecule has 3 rings (SSSR count). The number of ether oxygens (including phenoxy) is 1. The molecule has 1 saturated heterocycles. The standard InChI is InChI=1S/C19H30N2O2/c1-18(2)14-16(8-13-23-18)20-17(22)15-19(9-4-3-5-10-19)21-11-6-7-12-21/h6-7,11-12,16H,3-5,8-10,13-15H2,1-2H3,(H,20,22)/t16-/m0/s1. The van der Waals surface area contributed by atoms with Crippen LogP contribution in [-0.4, -0.2) is 28.7 Å². The van der Waals surface area contributed by atoms with Crippen LogP contribution in [0.25, 0.3) is 0 Å². The molecule has 2 aliphatic rings. The fraction of sp³-hybridized carbons (Fsp3) is 0.737. The number of hydrogen-bond donors (Lipinski definition) is 1. The van der Waals surface area contributed by atoms with Gasteiger partial charge in [-0.2, -0.15) is 0 Å². The SMILES string of the molecule is CC1(C)C[C@@H](NC(=O)CC2(n3cccc3)CCCCC2)CCO1. The van der Waals surface area contributed by atoms with Gasteiger partial charge in [0.1, 0.15) is 0 Å². The van der Waals surface area contributed by atoms with Crippen molar-refractivity contribution in [3.8, 4) is 0 Å². The lowest BCUT2D eigenvalue weighted by molar-refractivity contribution is -0.126. The molecule has 23 heavy (non-hydrogen) atoms. The van der Waals surface area contributed by atoms with Gasteiger partial charge in [0.15, 0.2) is 0 Å². The fourth-order valence-corrected chi connectivity index (χ4v) is 4.32. The van der Waals surface area contributed by atoms with E-state index in [2.05, 4.69) is 48.3 Å². The second-order valence-corrected chi connectivity index (χ2v) is 7.92. The second kappa shape index (κ2) is 6.68. The minimum atomic E-state index is -0.126. The molecule has 0 radical (unpaired) electrons. The van der Waals surface area contributed by atoms with Crippen molar-refractivity contribution >= 4 is 5.91 Å². The molecule has 1 aliphatic carbocycles. The third kappa shape index (κ3) is 3.97. The average molecular weight is 318 g/mol. The minimum Gasteiger partial charge on any atom is -0.375 e. The molecule has 1 aliphatic heterocycles. The molecule has 1 aromatic rings. The third-order valence-electron chi connectivity index (χ3n) is 5.49. The summed E-state index contributed by atoms with van der Waals surface area (Å²) < 4.78 is 8.03. The first-order chi connectivity index (χ1) is 11.0. The zero-order valence-corrected chi connectivity index (χ0v) is 14.5. The number of hydrogen-bond acceptors (Lipinski definition) is 2. The zero-order valence-electron chi connectivity index (χ0n) is 14.5. The number of amides is 1. The van der Waals surface area contributed by atoms with E-state index in [1.54, 1.807) is 0 Å². The predicted molar refractivity (Wildman–Crippen MR) is 91.3 cm³/mol. The highest BCUT2D eigenvalue weighted by Crippen LogP contribution is 2.38. The van der Waals surface area contributed by atoms with Gasteiger partial charge in [-0.25, -0.2) is 0 Å². The van der Waals surface area contributed by atoms with E-state index in [0.29, 0.717) is 6.42 Å². The highest BCUT2D eigenvalue weighted by Gasteiger charge is 2.37. The summed E-state index contributed by atoms with van der Waals surface area (Å²) in [6.45, 7) is 4.95. The first-order valence-corrected chi connectivity index (χ1v) is 9.06. The first kappa shape index (κ1) is 16.6. The van der Waals surface area contributed by atoms with Gasteiger partial charge in [-0.3, -0.25) is 4.79 Å². The Morgan fingerprint density at radius 2 is 1.91 bits per heavy atom. The second-order valence-electron chi connectivity index (χ2n) is 7.92. The summed E-state index contributed by atoms with van der Waals surface area (Å²) in [5.74, 6) is 0.198. The van der Waals surface area contributed by atoms with E-state index < -0.39 is 0 Å². The van der Waals surface area contributed by atoms with Crippen molar-refractivity contribution in [2.24, 2.45) is 0 Å². The van der Waals surface area contributed by atoms with E-state index >= 15 is 0 Å². The van der Waals surface area contributed by atoms with E-state index in [1.807, 2.05) is 0 Å². The summed E-state index contributed by atoms with van der Waals surface area (Å²) in [4.78, 5) is 12.7. The van der Waals surface area contributed by atoms with E-state index in [0.717, 1.165) is 32.3 Å². The monoisotopic (exact) mass is 318 g/mol. The van der Waals surface area contributed by atoms with Crippen molar-refractivity contribution in [1.29, 1.82) is 0 Å². The molecule has 1 amide bonds. The van der Waals surface area contributed by atoms with Crippen molar-refractivity contribution < 1.29 is 9.53 Å². The molecule has 4 nitrogen and oxygen atoms in total. The smallest absolute Gasteiger partial charge is 0.222 e. The number of nitrogens with zero attached hydrogens (tertiary/aromatic N) is 1. The van der Waals surface area contributed by atoms with Crippen LogP contribution in [0.1, 0.15) is 65.2 Å². The number of nitrogens with one attached hydrogen (secondary N) is 1. The summed E-state index contributed by atoms with van der Waals surface area (Å²) >= 11 is 0. The molecule has 1 aromatic heterocycles. The predicted octanol–water partition coefficient (Wildman–Crippen LogP) is 3.61. The Morgan fingerprint density at radius 3 is 2.57 bits per heavy atom. The van der Waals surface area contributed by atoms with Crippen molar-refractivity contribution in [3.63, 3.8) is 0 Å². The van der Waals surface area contributed by atoms with Crippen LogP contribution in [0.4, 0.5) is 0 Å². The van der Waals surface area contributed by atoms with Crippen LogP contribution in [0.2, 0.25) is 0 Å². The molecule has 4 heteroatoms. The normalized spacial score (nSPS) is 26.6. The van der Waals surface area contributed by atoms with Gasteiger partial charge in [0.25, 0.3) is 0 Å². The van der Waals surface area contributed by atoms with Gasteiger partial charge in [-0.05, 0) is 51.7 Å². The largest absolute Gasteiger partial charge is 0.375 e. The van der Waals surface area contributed by atoms with Crippen molar-refractivity contribution in [1.82, 2.24) is 9.88 Å². The van der Waals surface area contributed by atoms with Gasteiger partial charge in [-0.1, -0.05) is 19.3 Å². The van der Waals surface area contributed by atoms with Crippen molar-refractivity contribution in [3.05, 3.63) is 24.5 Å². The van der Waals surface area contributed by atoms with Crippen LogP contribution < -0.4 is 5.32 Å². The van der Waals surface area contributed by atoms with Gasteiger partial charge in [0.05, 0.1) is 17.6 Å². The van der Waals surface area contributed by atoms with Gasteiger partial charge >= 0.3 is 0 Å². The lowest BCUT2D eigenvalue weighted by Crippen LogP contribution is -2.48. The summed E-state index contributed by atoms with van der Waals surface area (Å²) in [6, 6.07) is 4.38. The van der Waals surface area contributed by atoms with E-state index in [4.69, 9.17) is 4.74 Å². The summed E-state index contributed by atoms with van der Waals surface area (Å²) in [7, 11) is 0. The molecule has 0 unspecified atom stereocenters. The highest BCUT2D eigenvalue weighted by molar-refractivity contribution is 5.77. The fourth-order valence-electron chi connectivity index (χ4n) is 4.32. The quantitative estimate of drug-likeness (QED) is 0.921. The topological polar surface area (TPSA) is 43.3 Å². The molecular formula is C19H30N2O2. The molecule has 128 valence electrons. The van der Waals surface area contributed by atoms with Gasteiger partial charge in [0.2, 0.25) is 5.91 Å². The summed E-state index contributed by atoms with van der Waals surface area (Å²) in [6.07, 6.45) is 12.6. The maximum atomic E-state index is 12.7. The molecule has 1 saturated carbocycles. The molecule has 1 N–H and O–H groups in total. The molecule has 2 heterocycles. The summed E-state index contributed by atoms with van der Waals surface area (Å²) in [5.41, 5.74) is -0.147. The lowest BCUT2D eigenvalue weighted by atomic mass is 9.78. The Balaban J connectivity index is 1.65. The van der Waals surface area contributed by atoms with Crippen LogP contribution in [0.3, 0.4) is 0 Å². The Morgan fingerprint density at radius 1 is 1.22 bits per heavy atom. The average Bonchev–Trinajstić information content (AvgIpc) is 3.01. The first-order valence-electron chi connectivity index (χ1n) is 9.06.